The van der Waals surface area contributed by atoms with Crippen LogP contribution in [0.4, 0.5) is 18.9 Å². The van der Waals surface area contributed by atoms with E-state index < -0.39 is 17.6 Å². The number of hydrogen-bond donors (Lipinski definition) is 1. The lowest BCUT2D eigenvalue weighted by Crippen LogP contribution is -2.16. The van der Waals surface area contributed by atoms with E-state index in [0.717, 1.165) is 12.1 Å². The Kier molecular flexibility index (Phi) is 3.28. The van der Waals surface area contributed by atoms with Gasteiger partial charge >= 0.3 is 6.18 Å². The molecule has 0 aliphatic carbocycles. The first kappa shape index (κ1) is 13.1. The summed E-state index contributed by atoms with van der Waals surface area (Å²) in [5.41, 5.74) is -0.148. The van der Waals surface area contributed by atoms with Crippen LogP contribution in [0.3, 0.4) is 0 Å². The van der Waals surface area contributed by atoms with Crippen molar-refractivity contribution in [1.29, 1.82) is 0 Å². The summed E-state index contributed by atoms with van der Waals surface area (Å²) >= 11 is 0. The average molecular weight is 269 g/mol. The van der Waals surface area contributed by atoms with Crippen LogP contribution < -0.4 is 5.32 Å². The first-order valence-corrected chi connectivity index (χ1v) is 5.34. The molecule has 19 heavy (non-hydrogen) atoms. The van der Waals surface area contributed by atoms with Crippen molar-refractivity contribution in [1.82, 2.24) is 9.78 Å². The molecule has 1 N–H and O–H groups in total. The Bertz CT molecular complexity index is 587. The van der Waals surface area contributed by atoms with Crippen molar-refractivity contribution in [3.05, 3.63) is 47.8 Å². The highest BCUT2D eigenvalue weighted by Crippen LogP contribution is 2.29. The van der Waals surface area contributed by atoms with E-state index in [1.165, 1.54) is 29.1 Å². The van der Waals surface area contributed by atoms with Gasteiger partial charge in [0.05, 0.1) is 5.56 Å². The number of anilines is 1. The molecule has 0 radical (unpaired) electrons. The van der Waals surface area contributed by atoms with Crippen LogP contribution in [0.2, 0.25) is 0 Å². The first-order chi connectivity index (χ1) is 8.88. The van der Waals surface area contributed by atoms with Gasteiger partial charge in [0.25, 0.3) is 5.91 Å². The van der Waals surface area contributed by atoms with E-state index in [1.807, 2.05) is 0 Å². The molecule has 0 spiro atoms. The first-order valence-electron chi connectivity index (χ1n) is 5.34. The summed E-state index contributed by atoms with van der Waals surface area (Å²) in [5.74, 6) is -0.431. The van der Waals surface area contributed by atoms with Crippen LogP contribution in [-0.4, -0.2) is 15.7 Å². The van der Waals surface area contributed by atoms with Crippen molar-refractivity contribution < 1.29 is 18.0 Å². The fourth-order valence-electron chi connectivity index (χ4n) is 1.53. The van der Waals surface area contributed by atoms with E-state index >= 15 is 0 Å². The lowest BCUT2D eigenvalue weighted by atomic mass is 10.2. The minimum Gasteiger partial charge on any atom is -0.321 e. The van der Waals surface area contributed by atoms with Crippen LogP contribution in [-0.2, 0) is 13.2 Å². The molecule has 7 heteroatoms. The summed E-state index contributed by atoms with van der Waals surface area (Å²) in [6, 6.07) is 5.76. The minimum absolute atomic E-state index is 0.291. The van der Waals surface area contributed by atoms with Gasteiger partial charge in [-0.3, -0.25) is 9.48 Å². The molecule has 0 unspecified atom stereocenters. The number of rotatable bonds is 2. The zero-order valence-corrected chi connectivity index (χ0v) is 9.90. The van der Waals surface area contributed by atoms with Gasteiger partial charge in [-0.05, 0) is 30.3 Å². The van der Waals surface area contributed by atoms with E-state index in [9.17, 15) is 18.0 Å². The quantitative estimate of drug-likeness (QED) is 0.911. The molecule has 2 aromatic rings. The van der Waals surface area contributed by atoms with Crippen molar-refractivity contribution in [2.24, 2.45) is 7.05 Å². The van der Waals surface area contributed by atoms with E-state index in [0.29, 0.717) is 11.4 Å². The van der Waals surface area contributed by atoms with Gasteiger partial charge in [0.15, 0.2) is 0 Å². The van der Waals surface area contributed by atoms with Crippen LogP contribution in [0.1, 0.15) is 16.1 Å². The number of halogens is 3. The number of carbonyl (C=O) groups is 1. The number of aryl methyl sites for hydroxylation is 1. The molecule has 1 heterocycles. The lowest BCUT2D eigenvalue weighted by Gasteiger charge is -2.08. The molecule has 0 aliphatic heterocycles. The number of carbonyl (C=O) groups excluding carboxylic acids is 1. The summed E-state index contributed by atoms with van der Waals surface area (Å²) in [7, 11) is 1.60. The summed E-state index contributed by atoms with van der Waals surface area (Å²) < 4.78 is 38.5. The number of aromatic nitrogens is 2. The van der Waals surface area contributed by atoms with Gasteiger partial charge in [0.1, 0.15) is 5.69 Å². The largest absolute Gasteiger partial charge is 0.416 e. The van der Waals surface area contributed by atoms with Crippen LogP contribution >= 0.6 is 0 Å². The average Bonchev–Trinajstić information content (AvgIpc) is 2.75. The van der Waals surface area contributed by atoms with E-state index in [4.69, 9.17) is 0 Å². The predicted molar refractivity (Wildman–Crippen MR) is 62.6 cm³/mol. The second-order valence-electron chi connectivity index (χ2n) is 3.87. The standard InChI is InChI=1S/C12H10F3N3O/c1-18-10(6-7-16-18)11(19)17-9-4-2-8(3-5-9)12(13,14)15/h2-7H,1H3,(H,17,19). The Hall–Kier alpha value is -2.31. The molecule has 2 rings (SSSR count). The molecule has 0 saturated heterocycles. The van der Waals surface area contributed by atoms with Gasteiger partial charge < -0.3 is 5.32 Å². The van der Waals surface area contributed by atoms with Crippen molar-refractivity contribution in [2.75, 3.05) is 5.32 Å². The molecule has 1 aromatic carbocycles. The van der Waals surface area contributed by atoms with Gasteiger partial charge in [-0.2, -0.15) is 18.3 Å². The maximum Gasteiger partial charge on any atom is 0.416 e. The fourth-order valence-corrected chi connectivity index (χ4v) is 1.53. The molecular weight excluding hydrogens is 259 g/mol. The maximum absolute atomic E-state index is 12.4. The second kappa shape index (κ2) is 4.75. The summed E-state index contributed by atoms with van der Waals surface area (Å²) in [6.45, 7) is 0. The summed E-state index contributed by atoms with van der Waals surface area (Å²) in [6.07, 6.45) is -2.92. The van der Waals surface area contributed by atoms with Crippen molar-refractivity contribution in [2.45, 2.75) is 6.18 Å². The fraction of sp³-hybridized carbons (Fsp3) is 0.167. The number of benzene rings is 1. The molecule has 1 amide bonds. The Morgan fingerprint density at radius 2 is 1.84 bits per heavy atom. The molecule has 1 aromatic heterocycles. The molecule has 0 fully saturated rings. The lowest BCUT2D eigenvalue weighted by molar-refractivity contribution is -0.137. The third kappa shape index (κ3) is 2.93. The predicted octanol–water partition coefficient (Wildman–Crippen LogP) is 2.69. The molecule has 0 bridgehead atoms. The highest BCUT2D eigenvalue weighted by molar-refractivity contribution is 6.02. The van der Waals surface area contributed by atoms with E-state index in [-0.39, 0.29) is 0 Å². The SMILES string of the molecule is Cn1nccc1C(=O)Nc1ccc(C(F)(F)F)cc1. The van der Waals surface area contributed by atoms with Crippen LogP contribution in [0.15, 0.2) is 36.5 Å². The van der Waals surface area contributed by atoms with Gasteiger partial charge in [-0.1, -0.05) is 0 Å². The Morgan fingerprint density at radius 1 is 1.21 bits per heavy atom. The zero-order chi connectivity index (χ0) is 14.0. The molecule has 4 nitrogen and oxygen atoms in total. The molecule has 0 atom stereocenters. The highest BCUT2D eigenvalue weighted by Gasteiger charge is 2.30. The van der Waals surface area contributed by atoms with Gasteiger partial charge in [-0.25, -0.2) is 0 Å². The molecular formula is C12H10F3N3O. The topological polar surface area (TPSA) is 46.9 Å². The number of nitrogens with zero attached hydrogens (tertiary/aromatic N) is 2. The van der Waals surface area contributed by atoms with E-state index in [2.05, 4.69) is 10.4 Å². The van der Waals surface area contributed by atoms with Crippen molar-refractivity contribution in [3.63, 3.8) is 0 Å². The number of alkyl halides is 3. The molecule has 100 valence electrons. The normalized spacial score (nSPS) is 11.4. The third-order valence-electron chi connectivity index (χ3n) is 2.52. The third-order valence-corrected chi connectivity index (χ3v) is 2.52. The Balaban J connectivity index is 2.12. The minimum atomic E-state index is -4.38. The summed E-state index contributed by atoms with van der Waals surface area (Å²) in [4.78, 5) is 11.8. The second-order valence-corrected chi connectivity index (χ2v) is 3.87. The van der Waals surface area contributed by atoms with Gasteiger partial charge in [-0.15, -0.1) is 0 Å². The Morgan fingerprint density at radius 3 is 2.32 bits per heavy atom. The zero-order valence-electron chi connectivity index (χ0n) is 9.90. The summed E-state index contributed by atoms with van der Waals surface area (Å²) in [5, 5.41) is 6.33. The van der Waals surface area contributed by atoms with Crippen molar-refractivity contribution >= 4 is 11.6 Å². The van der Waals surface area contributed by atoms with Crippen LogP contribution in [0.25, 0.3) is 0 Å². The Labute approximate surface area is 106 Å². The smallest absolute Gasteiger partial charge is 0.321 e. The van der Waals surface area contributed by atoms with E-state index in [1.54, 1.807) is 7.05 Å². The number of hydrogen-bond acceptors (Lipinski definition) is 2. The van der Waals surface area contributed by atoms with Crippen molar-refractivity contribution in [3.8, 4) is 0 Å². The van der Waals surface area contributed by atoms with Gasteiger partial charge in [0, 0.05) is 18.9 Å². The maximum atomic E-state index is 12.4. The highest BCUT2D eigenvalue weighted by atomic mass is 19.4. The molecule has 0 aliphatic rings. The molecule has 0 saturated carbocycles. The van der Waals surface area contributed by atoms with Crippen LogP contribution in [0.5, 0.6) is 0 Å². The monoisotopic (exact) mass is 269 g/mol. The van der Waals surface area contributed by atoms with Gasteiger partial charge in [0.2, 0.25) is 0 Å². The number of nitrogens with one attached hydrogen (secondary N) is 1. The number of amides is 1. The van der Waals surface area contributed by atoms with Crippen LogP contribution in [0, 0.1) is 0 Å².